The van der Waals surface area contributed by atoms with Gasteiger partial charge in [0, 0.05) is 105 Å². The van der Waals surface area contributed by atoms with Crippen molar-refractivity contribution in [3.8, 4) is 136 Å². The van der Waals surface area contributed by atoms with Gasteiger partial charge in [-0.2, -0.15) is 0 Å². The number of rotatable bonds is 12. The number of nitrogens with zero attached hydrogens (tertiary/aromatic N) is 9. The number of aromatic nitrogens is 9. The van der Waals surface area contributed by atoms with E-state index in [1.54, 1.807) is 24.4 Å². The molecule has 0 amide bonds. The smallest absolute Gasteiger partial charge is 0.148 e. The summed E-state index contributed by atoms with van der Waals surface area (Å²) in [6.45, 7) is 50.6. The first-order valence-electron chi connectivity index (χ1n) is 44.9. The molecule has 0 bridgehead atoms. The summed E-state index contributed by atoms with van der Waals surface area (Å²) in [5.74, 6) is 2.72. The van der Waals surface area contributed by atoms with E-state index >= 15 is 0 Å². The number of benzene rings is 12. The first-order chi connectivity index (χ1) is 61.6. The summed E-state index contributed by atoms with van der Waals surface area (Å²) >= 11 is 0. The standard InChI is InChI=1S/C44H48N3O.2C37H34N3O.3Pt/c1-27-18-28(2)20-34(19-27)47-38-26-33(44(9,10)11)24-36(40(38)46-41(47)35-14-12-13-15-39(35)48)29-21-30(23-32(22-29)43(6,7)8)37-25-31(16-17-45-37)42(3,4)5;1-23-19-24(2)35(25(3)20-23)40-32-15-10-14-29(34(32)39-36(40)30-13-7-8-16-33(30)41)26-11-9-12-27(21-26)31-22-28(17-18-38-31)37(4,5)6;1-23-18-24(2)35(25(3)19-23)40-32-22-28(37(4,5)6)21-30(34(32)39-36(40)29-14-7-8-16-33(29)41)26-12-11-13-27(20-26)31-15-9-10-17-38-31;;;/h12-20,22-26,48H,1-11H3;7-20,22,41H,1-6H3;7-19,21-22,41H,1-6H3;;;/q3*-1;;;. The molecular formula is C118H116N9O3Pt3-3. The van der Waals surface area contributed by atoms with E-state index in [-0.39, 0.29) is 108 Å². The van der Waals surface area contributed by atoms with Crippen molar-refractivity contribution in [3.05, 3.63) is 358 Å². The summed E-state index contributed by atoms with van der Waals surface area (Å²) in [5.41, 5.74) is 37.3. The maximum absolute atomic E-state index is 11.1. The molecule has 18 rings (SSSR count). The van der Waals surface area contributed by atoms with Crippen molar-refractivity contribution in [3.63, 3.8) is 0 Å². The average Bonchev–Trinajstić information content (AvgIpc) is 1.59. The average molecular weight is 2290 g/mol. The second-order valence-corrected chi connectivity index (χ2v) is 40.1. The third kappa shape index (κ3) is 20.6. The quantitative estimate of drug-likeness (QED) is 0.101. The van der Waals surface area contributed by atoms with Crippen LogP contribution in [0.2, 0.25) is 0 Å². The fourth-order valence-corrected chi connectivity index (χ4v) is 17.8. The zero-order chi connectivity index (χ0) is 92.5. The second kappa shape index (κ2) is 38.9. The van der Waals surface area contributed by atoms with Crippen molar-refractivity contribution < 1.29 is 78.5 Å². The van der Waals surface area contributed by atoms with E-state index < -0.39 is 0 Å². The molecule has 12 nitrogen and oxygen atoms in total. The molecule has 3 N–H and O–H groups in total. The van der Waals surface area contributed by atoms with Gasteiger partial charge in [0.25, 0.3) is 0 Å². The molecule has 0 spiro atoms. The number of phenols is 3. The van der Waals surface area contributed by atoms with Gasteiger partial charge in [0.05, 0.1) is 61.2 Å². The third-order valence-electron chi connectivity index (χ3n) is 24.5. The minimum Gasteiger partial charge on any atom is -0.507 e. The van der Waals surface area contributed by atoms with Crippen LogP contribution in [0.3, 0.4) is 0 Å². The molecule has 0 saturated carbocycles. The van der Waals surface area contributed by atoms with E-state index in [0.29, 0.717) is 34.2 Å². The predicted molar refractivity (Wildman–Crippen MR) is 538 cm³/mol. The van der Waals surface area contributed by atoms with Crippen molar-refractivity contribution in [2.24, 2.45) is 0 Å². The molecule has 0 fully saturated rings. The third-order valence-corrected chi connectivity index (χ3v) is 24.5. The van der Waals surface area contributed by atoms with Crippen LogP contribution in [0, 0.1) is 73.6 Å². The first kappa shape index (κ1) is 98.5. The molecule has 0 saturated heterocycles. The maximum Gasteiger partial charge on any atom is 0.148 e. The number of fused-ring (bicyclic) bond motifs is 3. The molecule has 0 radical (unpaired) electrons. The molecule has 0 atom stereocenters. The minimum absolute atomic E-state index is 0. The van der Waals surface area contributed by atoms with Crippen LogP contribution in [-0.4, -0.2) is 58.9 Å². The molecule has 6 aromatic heterocycles. The van der Waals surface area contributed by atoms with E-state index in [9.17, 15) is 15.3 Å². The van der Waals surface area contributed by atoms with Crippen LogP contribution < -0.4 is 0 Å². The Balaban J connectivity index is 0.000000168. The normalized spacial score (nSPS) is 11.8. The molecule has 15 heteroatoms. The molecule has 6 heterocycles. The second-order valence-electron chi connectivity index (χ2n) is 40.1. The fourth-order valence-electron chi connectivity index (χ4n) is 17.8. The summed E-state index contributed by atoms with van der Waals surface area (Å²) in [5, 5.41) is 33.1. The van der Waals surface area contributed by atoms with Crippen molar-refractivity contribution in [1.82, 2.24) is 43.6 Å². The maximum atomic E-state index is 11.1. The zero-order valence-electron chi connectivity index (χ0n) is 80.2. The molecular weight excluding hydrogens is 2180 g/mol. The number of pyridine rings is 3. The summed E-state index contributed by atoms with van der Waals surface area (Å²) in [7, 11) is 0. The number of hydrogen-bond donors (Lipinski definition) is 3. The molecule has 0 aliphatic rings. The Labute approximate surface area is 828 Å². The van der Waals surface area contributed by atoms with E-state index in [1.807, 2.05) is 91.3 Å². The van der Waals surface area contributed by atoms with E-state index in [1.165, 1.54) is 50.1 Å². The number of aromatic hydroxyl groups is 3. The summed E-state index contributed by atoms with van der Waals surface area (Å²) in [4.78, 5) is 30.0. The van der Waals surface area contributed by atoms with Crippen LogP contribution in [0.15, 0.2) is 267 Å². The molecule has 133 heavy (non-hydrogen) atoms. The van der Waals surface area contributed by atoms with Gasteiger partial charge in [-0.15, -0.1) is 89.0 Å². The molecule has 684 valence electrons. The summed E-state index contributed by atoms with van der Waals surface area (Å²) in [6.07, 6.45) is 5.60. The Kier molecular flexibility index (Phi) is 28.8. The Morgan fingerprint density at radius 1 is 0.248 bits per heavy atom. The Morgan fingerprint density at radius 3 is 1.02 bits per heavy atom. The number of aryl methyl sites for hydroxylation is 8. The van der Waals surface area contributed by atoms with Crippen LogP contribution >= 0.6 is 0 Å². The topological polar surface area (TPSA) is 153 Å². The predicted octanol–water partition coefficient (Wildman–Crippen LogP) is 29.7. The van der Waals surface area contributed by atoms with Gasteiger partial charge in [-0.25, -0.2) is 15.0 Å². The number of para-hydroxylation sites is 4. The Bertz CT molecular complexity index is 7340. The number of hydrogen-bond acceptors (Lipinski definition) is 9. The summed E-state index contributed by atoms with van der Waals surface area (Å²) < 4.78 is 6.64. The van der Waals surface area contributed by atoms with Gasteiger partial charge >= 0.3 is 0 Å². The number of imidazole rings is 3. The largest absolute Gasteiger partial charge is 0.507 e. The van der Waals surface area contributed by atoms with Crippen molar-refractivity contribution >= 4 is 33.1 Å². The molecule has 0 aliphatic carbocycles. The Hall–Kier alpha value is -12.0. The number of phenolic OH excluding ortho intramolecular Hbond substituents is 3. The minimum atomic E-state index is -0.136. The van der Waals surface area contributed by atoms with Gasteiger partial charge < -0.3 is 15.3 Å². The van der Waals surface area contributed by atoms with Crippen LogP contribution in [0.1, 0.15) is 176 Å². The van der Waals surface area contributed by atoms with Crippen LogP contribution in [0.5, 0.6) is 17.2 Å². The Morgan fingerprint density at radius 2 is 0.579 bits per heavy atom. The van der Waals surface area contributed by atoms with Crippen molar-refractivity contribution in [2.45, 2.75) is 186 Å². The SMILES string of the molecule is Cc1cc(C)c(-n2c(-c3ccccc3O)nc3c(-c4[c-]c(-c5cc(C(C)(C)C)ccn5)ccc4)cccc32)c(C)c1.Cc1cc(C)c(-n2c(-c3ccccc3O)nc3c(-c4[c-]c(-c5ccccn5)ccc4)cc(C(C)(C)C)cc32)c(C)c1.Cc1cc(C)cc(-n2c(-c3ccccc3O)nc3c(-c4[c-]c(-c5cc(C(C)(C)C)ccn5)cc(C(C)(C)C)c4)cc(C(C)(C)C)cc32)c1.[Pt].[Pt].[Pt]. The van der Waals surface area contributed by atoms with Crippen LogP contribution in [-0.2, 0) is 90.3 Å². The van der Waals surface area contributed by atoms with Crippen LogP contribution in [0.25, 0.3) is 151 Å². The summed E-state index contributed by atoms with van der Waals surface area (Å²) in [6, 6.07) is 95.5. The van der Waals surface area contributed by atoms with E-state index in [4.69, 9.17) is 19.9 Å². The molecule has 18 aromatic rings. The molecule has 0 aliphatic heterocycles. The van der Waals surface area contributed by atoms with Gasteiger partial charge in [-0.1, -0.05) is 264 Å². The van der Waals surface area contributed by atoms with E-state index in [2.05, 4.69) is 353 Å². The van der Waals surface area contributed by atoms with Crippen LogP contribution in [0.4, 0.5) is 0 Å². The van der Waals surface area contributed by atoms with E-state index in [0.717, 1.165) is 140 Å². The van der Waals surface area contributed by atoms with Gasteiger partial charge in [0.1, 0.15) is 34.7 Å². The molecule has 0 unspecified atom stereocenters. The van der Waals surface area contributed by atoms with Gasteiger partial charge in [0.2, 0.25) is 0 Å². The van der Waals surface area contributed by atoms with Crippen molar-refractivity contribution in [1.29, 1.82) is 0 Å². The molecule has 12 aromatic carbocycles. The van der Waals surface area contributed by atoms with Crippen molar-refractivity contribution in [2.75, 3.05) is 0 Å². The van der Waals surface area contributed by atoms with Gasteiger partial charge in [0.15, 0.2) is 0 Å². The first-order valence-corrected chi connectivity index (χ1v) is 44.9. The zero-order valence-corrected chi connectivity index (χ0v) is 87.0. The monoisotopic (exact) mass is 2290 g/mol. The van der Waals surface area contributed by atoms with Gasteiger partial charge in [-0.3, -0.25) is 28.7 Å². The van der Waals surface area contributed by atoms with Gasteiger partial charge in [-0.05, 0) is 223 Å². The fraction of sp³-hybridized carbons (Fsp3) is 0.237.